The lowest BCUT2D eigenvalue weighted by Gasteiger charge is -2.27. The maximum Gasteiger partial charge on any atom is 0.322 e. The van der Waals surface area contributed by atoms with Gasteiger partial charge in [-0.05, 0) is 55.9 Å². The van der Waals surface area contributed by atoms with Gasteiger partial charge >= 0.3 is 6.03 Å². The molecule has 168 valence electrons. The van der Waals surface area contributed by atoms with E-state index in [0.717, 1.165) is 56.0 Å². The zero-order valence-corrected chi connectivity index (χ0v) is 19.7. The van der Waals surface area contributed by atoms with Gasteiger partial charge in [0.25, 0.3) is 5.91 Å². The van der Waals surface area contributed by atoms with Crippen molar-refractivity contribution in [3.8, 4) is 0 Å². The summed E-state index contributed by atoms with van der Waals surface area (Å²) in [7, 11) is 0. The number of likely N-dealkylation sites (N-methyl/N-ethyl adjacent to an activating group) is 1. The minimum absolute atomic E-state index is 0.00412. The number of para-hydroxylation sites is 1. The molecule has 0 aliphatic carbocycles. The average molecular weight is 443 g/mol. The van der Waals surface area contributed by atoms with Crippen LogP contribution in [0.1, 0.15) is 47.5 Å². The Kier molecular flexibility index (Phi) is 8.49. The molecule has 3 amide bonds. The van der Waals surface area contributed by atoms with E-state index in [2.05, 4.69) is 30.1 Å². The average Bonchev–Trinajstić information content (AvgIpc) is 3.48. The van der Waals surface area contributed by atoms with E-state index in [1.807, 2.05) is 46.4 Å². The predicted octanol–water partition coefficient (Wildman–Crippen LogP) is 4.67. The van der Waals surface area contributed by atoms with E-state index in [1.165, 1.54) is 0 Å². The Morgan fingerprint density at radius 1 is 1.06 bits per heavy atom. The Morgan fingerprint density at radius 2 is 1.81 bits per heavy atom. The van der Waals surface area contributed by atoms with Gasteiger partial charge in [0.15, 0.2) is 0 Å². The molecule has 3 rings (SSSR count). The number of benzene rings is 1. The Morgan fingerprint density at radius 3 is 2.45 bits per heavy atom. The van der Waals surface area contributed by atoms with Gasteiger partial charge in [0.05, 0.1) is 17.8 Å². The fraction of sp³-hybridized carbons (Fsp3) is 0.500. The first-order valence-electron chi connectivity index (χ1n) is 11.2. The summed E-state index contributed by atoms with van der Waals surface area (Å²) < 4.78 is 0. The highest BCUT2D eigenvalue weighted by molar-refractivity contribution is 7.09. The standard InChI is InChI=1S/C24H34N4O2S/c1-4-26(5-2)15-16-28(18-20-11-9-17-31-20)24(30)25-22-19(3)10-8-12-21(22)23(29)27-13-6-7-14-27/h8-12,17H,4-7,13-16,18H2,1-3H3,(H,25,30). The molecule has 1 fully saturated rings. The summed E-state index contributed by atoms with van der Waals surface area (Å²) in [4.78, 5) is 33.6. The van der Waals surface area contributed by atoms with Gasteiger partial charge in [-0.3, -0.25) is 4.79 Å². The first-order chi connectivity index (χ1) is 15.0. The lowest BCUT2D eigenvalue weighted by atomic mass is 10.1. The van der Waals surface area contributed by atoms with Gasteiger partial charge in [-0.15, -0.1) is 11.3 Å². The van der Waals surface area contributed by atoms with Gasteiger partial charge in [-0.1, -0.05) is 32.0 Å². The predicted molar refractivity (Wildman–Crippen MR) is 128 cm³/mol. The number of rotatable bonds is 9. The van der Waals surface area contributed by atoms with E-state index in [1.54, 1.807) is 11.3 Å². The number of urea groups is 1. The summed E-state index contributed by atoms with van der Waals surface area (Å²) >= 11 is 1.65. The highest BCUT2D eigenvalue weighted by Gasteiger charge is 2.24. The third kappa shape index (κ3) is 6.08. The number of likely N-dealkylation sites (tertiary alicyclic amines) is 1. The van der Waals surface area contributed by atoms with E-state index < -0.39 is 0 Å². The number of hydrogen-bond donors (Lipinski definition) is 1. The molecule has 1 aromatic carbocycles. The minimum Gasteiger partial charge on any atom is -0.339 e. The summed E-state index contributed by atoms with van der Waals surface area (Å²) in [5, 5.41) is 5.11. The van der Waals surface area contributed by atoms with E-state index >= 15 is 0 Å². The van der Waals surface area contributed by atoms with Gasteiger partial charge in [0.2, 0.25) is 0 Å². The number of carbonyl (C=O) groups excluding carboxylic acids is 2. The number of carbonyl (C=O) groups is 2. The largest absolute Gasteiger partial charge is 0.339 e. The molecule has 0 radical (unpaired) electrons. The monoisotopic (exact) mass is 442 g/mol. The third-order valence-corrected chi connectivity index (χ3v) is 6.78. The Hall–Kier alpha value is -2.38. The molecule has 1 aromatic heterocycles. The molecule has 31 heavy (non-hydrogen) atoms. The Balaban J connectivity index is 1.79. The van der Waals surface area contributed by atoms with Gasteiger partial charge in [0, 0.05) is 31.1 Å². The quantitative estimate of drug-likeness (QED) is 0.614. The summed E-state index contributed by atoms with van der Waals surface area (Å²) in [5.74, 6) is 0.00412. The molecular weight excluding hydrogens is 408 g/mol. The normalized spacial score (nSPS) is 13.6. The van der Waals surface area contributed by atoms with Crippen molar-refractivity contribution >= 4 is 29.0 Å². The van der Waals surface area contributed by atoms with Crippen LogP contribution in [0.2, 0.25) is 0 Å². The van der Waals surface area contributed by atoms with Crippen LogP contribution >= 0.6 is 11.3 Å². The fourth-order valence-electron chi connectivity index (χ4n) is 3.93. The molecule has 7 heteroatoms. The molecule has 1 saturated heterocycles. The fourth-order valence-corrected chi connectivity index (χ4v) is 4.65. The van der Waals surface area contributed by atoms with Crippen LogP contribution in [-0.4, -0.2) is 65.9 Å². The van der Waals surface area contributed by atoms with Crippen molar-refractivity contribution in [1.29, 1.82) is 0 Å². The van der Waals surface area contributed by atoms with Crippen molar-refractivity contribution < 1.29 is 9.59 Å². The van der Waals surface area contributed by atoms with Crippen molar-refractivity contribution in [3.63, 3.8) is 0 Å². The zero-order valence-electron chi connectivity index (χ0n) is 18.9. The van der Waals surface area contributed by atoms with E-state index in [4.69, 9.17) is 0 Å². The van der Waals surface area contributed by atoms with Crippen molar-refractivity contribution in [3.05, 3.63) is 51.7 Å². The molecule has 6 nitrogen and oxygen atoms in total. The summed E-state index contributed by atoms with van der Waals surface area (Å²) in [5.41, 5.74) is 2.11. The second-order valence-corrected chi connectivity index (χ2v) is 8.99. The molecular formula is C24H34N4O2S. The van der Waals surface area contributed by atoms with Crippen molar-refractivity contribution in [2.75, 3.05) is 44.6 Å². The first-order valence-corrected chi connectivity index (χ1v) is 12.1. The highest BCUT2D eigenvalue weighted by Crippen LogP contribution is 2.25. The lowest BCUT2D eigenvalue weighted by molar-refractivity contribution is 0.0793. The molecule has 0 bridgehead atoms. The van der Waals surface area contributed by atoms with Crippen LogP contribution in [0.5, 0.6) is 0 Å². The lowest BCUT2D eigenvalue weighted by Crippen LogP contribution is -2.41. The van der Waals surface area contributed by atoms with Crippen molar-refractivity contribution in [2.24, 2.45) is 0 Å². The molecule has 0 saturated carbocycles. The summed E-state index contributed by atoms with van der Waals surface area (Å²) in [6.45, 7) is 11.7. The van der Waals surface area contributed by atoms with Crippen LogP contribution in [-0.2, 0) is 6.54 Å². The number of amides is 3. The van der Waals surface area contributed by atoms with E-state index in [0.29, 0.717) is 24.3 Å². The van der Waals surface area contributed by atoms with Gasteiger partial charge in [-0.25, -0.2) is 4.79 Å². The van der Waals surface area contributed by atoms with Gasteiger partial charge in [0.1, 0.15) is 0 Å². The minimum atomic E-state index is -0.162. The number of thiophene rings is 1. The molecule has 1 aliphatic heterocycles. The SMILES string of the molecule is CCN(CC)CCN(Cc1cccs1)C(=O)Nc1c(C)cccc1C(=O)N1CCCC1. The number of nitrogens with one attached hydrogen (secondary N) is 1. The first kappa shape index (κ1) is 23.3. The molecule has 1 N–H and O–H groups in total. The maximum absolute atomic E-state index is 13.4. The molecule has 0 spiro atoms. The molecule has 0 atom stereocenters. The van der Waals surface area contributed by atoms with Crippen LogP contribution in [0.25, 0.3) is 0 Å². The Labute approximate surface area is 189 Å². The van der Waals surface area contributed by atoms with E-state index in [-0.39, 0.29) is 11.9 Å². The van der Waals surface area contributed by atoms with Crippen LogP contribution in [0.3, 0.4) is 0 Å². The van der Waals surface area contributed by atoms with E-state index in [9.17, 15) is 9.59 Å². The van der Waals surface area contributed by atoms with Gasteiger partial charge < -0.3 is 20.0 Å². The molecule has 0 unspecified atom stereocenters. The van der Waals surface area contributed by atoms with Gasteiger partial charge in [-0.2, -0.15) is 0 Å². The summed E-state index contributed by atoms with van der Waals surface area (Å²) in [6.07, 6.45) is 2.08. The van der Waals surface area contributed by atoms with Crippen LogP contribution in [0.15, 0.2) is 35.7 Å². The number of aryl methyl sites for hydroxylation is 1. The van der Waals surface area contributed by atoms with Crippen LogP contribution in [0.4, 0.5) is 10.5 Å². The van der Waals surface area contributed by atoms with Crippen LogP contribution < -0.4 is 5.32 Å². The maximum atomic E-state index is 13.4. The number of hydrogen-bond acceptors (Lipinski definition) is 4. The molecule has 2 heterocycles. The number of anilines is 1. The third-order valence-electron chi connectivity index (χ3n) is 5.92. The van der Waals surface area contributed by atoms with Crippen LogP contribution in [0, 0.1) is 6.92 Å². The second kappa shape index (κ2) is 11.3. The summed E-state index contributed by atoms with van der Waals surface area (Å²) in [6, 6.07) is 9.55. The Bertz CT molecular complexity index is 858. The molecule has 1 aliphatic rings. The topological polar surface area (TPSA) is 55.9 Å². The number of nitrogens with zero attached hydrogens (tertiary/aromatic N) is 3. The zero-order chi connectivity index (χ0) is 22.2. The highest BCUT2D eigenvalue weighted by atomic mass is 32.1. The van der Waals surface area contributed by atoms with Crippen molar-refractivity contribution in [2.45, 2.75) is 40.2 Å². The smallest absolute Gasteiger partial charge is 0.322 e. The van der Waals surface area contributed by atoms with Crippen molar-refractivity contribution in [1.82, 2.24) is 14.7 Å². The molecule has 2 aromatic rings. The second-order valence-electron chi connectivity index (χ2n) is 7.95.